The van der Waals surface area contributed by atoms with Crippen LogP contribution in [0.3, 0.4) is 0 Å². The summed E-state index contributed by atoms with van der Waals surface area (Å²) in [5.41, 5.74) is 0. The van der Waals surface area contributed by atoms with Gasteiger partial charge in [-0.1, -0.05) is 0 Å². The zero-order valence-corrected chi connectivity index (χ0v) is 11.9. The van der Waals surface area contributed by atoms with E-state index in [1.54, 1.807) is 6.07 Å². The van der Waals surface area contributed by atoms with E-state index in [2.05, 4.69) is 20.6 Å². The molecule has 0 bridgehead atoms. The molecule has 1 aliphatic heterocycles. The Morgan fingerprint density at radius 2 is 2.10 bits per heavy atom. The van der Waals surface area contributed by atoms with E-state index >= 15 is 0 Å². The molecule has 1 aliphatic rings. The number of nitrogens with zero attached hydrogens (tertiary/aromatic N) is 3. The van der Waals surface area contributed by atoms with Gasteiger partial charge in [-0.05, 0) is 13.8 Å². The molecule has 1 amide bonds. The molecule has 1 unspecified atom stereocenters. The highest BCUT2D eigenvalue weighted by atomic mass is 16.5. The Kier molecular flexibility index (Phi) is 5.11. The van der Waals surface area contributed by atoms with Gasteiger partial charge in [-0.2, -0.15) is 0 Å². The maximum absolute atomic E-state index is 12.3. The third-order valence-electron chi connectivity index (χ3n) is 3.08. The summed E-state index contributed by atoms with van der Waals surface area (Å²) in [4.78, 5) is 22.3. The molecule has 0 aliphatic carbocycles. The lowest BCUT2D eigenvalue weighted by molar-refractivity contribution is -0.135. The van der Waals surface area contributed by atoms with E-state index in [-0.39, 0.29) is 11.9 Å². The highest BCUT2D eigenvalue weighted by Crippen LogP contribution is 2.11. The smallest absolute Gasteiger partial charge is 0.244 e. The maximum Gasteiger partial charge on any atom is 0.244 e. The monoisotopic (exact) mass is 279 g/mol. The summed E-state index contributed by atoms with van der Waals surface area (Å²) in [7, 11) is 0. The first kappa shape index (κ1) is 14.5. The predicted octanol–water partition coefficient (Wildman–Crippen LogP) is 0.568. The maximum atomic E-state index is 12.3. The van der Waals surface area contributed by atoms with Crippen molar-refractivity contribution in [1.29, 1.82) is 0 Å². The first-order chi connectivity index (χ1) is 9.70. The Labute approximate surface area is 118 Å². The summed E-state index contributed by atoms with van der Waals surface area (Å²) in [5, 5.41) is 6.23. The number of morpholine rings is 1. The molecule has 0 radical (unpaired) electrons. The van der Waals surface area contributed by atoms with E-state index in [0.717, 1.165) is 12.4 Å². The number of aromatic nitrogens is 2. The second-order valence-corrected chi connectivity index (χ2v) is 4.62. The lowest BCUT2D eigenvalue weighted by Crippen LogP contribution is -2.47. The molecule has 110 valence electrons. The molecule has 1 aromatic rings. The Bertz CT molecular complexity index is 448. The van der Waals surface area contributed by atoms with Gasteiger partial charge < -0.3 is 20.3 Å². The van der Waals surface area contributed by atoms with Gasteiger partial charge in [0.15, 0.2) is 0 Å². The van der Waals surface area contributed by atoms with Crippen molar-refractivity contribution in [2.75, 3.05) is 43.5 Å². The standard InChI is InChI=1S/C13H21N5O2/c1-3-14-11-8-12(16-9-15-11)17-10(2)13(19)18-4-6-20-7-5-18/h8-10H,3-7H2,1-2H3,(H2,14,15,16,17). The molecular weight excluding hydrogens is 258 g/mol. The van der Waals surface area contributed by atoms with Crippen LogP contribution in [0.2, 0.25) is 0 Å². The average molecular weight is 279 g/mol. The Hall–Kier alpha value is -1.89. The van der Waals surface area contributed by atoms with Gasteiger partial charge in [0.25, 0.3) is 0 Å². The Balaban J connectivity index is 1.94. The van der Waals surface area contributed by atoms with Gasteiger partial charge in [0, 0.05) is 25.7 Å². The van der Waals surface area contributed by atoms with Crippen molar-refractivity contribution in [3.05, 3.63) is 12.4 Å². The minimum absolute atomic E-state index is 0.0666. The van der Waals surface area contributed by atoms with Crippen LogP contribution in [0.25, 0.3) is 0 Å². The van der Waals surface area contributed by atoms with E-state index < -0.39 is 0 Å². The van der Waals surface area contributed by atoms with Crippen LogP contribution < -0.4 is 10.6 Å². The third-order valence-corrected chi connectivity index (χ3v) is 3.08. The fourth-order valence-electron chi connectivity index (χ4n) is 2.06. The molecule has 7 nitrogen and oxygen atoms in total. The van der Waals surface area contributed by atoms with Crippen LogP contribution in [-0.2, 0) is 9.53 Å². The number of hydrogen-bond acceptors (Lipinski definition) is 6. The Morgan fingerprint density at radius 1 is 1.40 bits per heavy atom. The van der Waals surface area contributed by atoms with Crippen molar-refractivity contribution < 1.29 is 9.53 Å². The largest absolute Gasteiger partial charge is 0.378 e. The SMILES string of the molecule is CCNc1cc(NC(C)C(=O)N2CCOCC2)ncn1. The number of rotatable bonds is 5. The van der Waals surface area contributed by atoms with E-state index in [1.165, 1.54) is 6.33 Å². The van der Waals surface area contributed by atoms with Crippen LogP contribution in [0.5, 0.6) is 0 Å². The molecule has 20 heavy (non-hydrogen) atoms. The lowest BCUT2D eigenvalue weighted by atomic mass is 10.2. The van der Waals surface area contributed by atoms with Crippen molar-refractivity contribution >= 4 is 17.5 Å². The summed E-state index contributed by atoms with van der Waals surface area (Å²) < 4.78 is 5.25. The summed E-state index contributed by atoms with van der Waals surface area (Å²) in [6, 6.07) is 1.48. The van der Waals surface area contributed by atoms with Gasteiger partial charge in [0.1, 0.15) is 24.0 Å². The highest BCUT2D eigenvalue weighted by Gasteiger charge is 2.22. The number of carbonyl (C=O) groups excluding carboxylic acids is 1. The first-order valence-electron chi connectivity index (χ1n) is 6.89. The quantitative estimate of drug-likeness (QED) is 0.820. The fraction of sp³-hybridized carbons (Fsp3) is 0.615. The van der Waals surface area contributed by atoms with E-state index in [0.29, 0.717) is 32.1 Å². The fourth-order valence-corrected chi connectivity index (χ4v) is 2.06. The molecule has 0 saturated carbocycles. The summed E-state index contributed by atoms with van der Waals surface area (Å²) >= 11 is 0. The zero-order chi connectivity index (χ0) is 14.4. The average Bonchev–Trinajstić information content (AvgIpc) is 2.48. The van der Waals surface area contributed by atoms with Gasteiger partial charge in [0.2, 0.25) is 5.91 Å². The van der Waals surface area contributed by atoms with Crippen LogP contribution in [0, 0.1) is 0 Å². The van der Waals surface area contributed by atoms with Crippen LogP contribution in [0.4, 0.5) is 11.6 Å². The van der Waals surface area contributed by atoms with Crippen molar-refractivity contribution in [1.82, 2.24) is 14.9 Å². The summed E-state index contributed by atoms with van der Waals surface area (Å²) in [5.74, 6) is 1.46. The minimum Gasteiger partial charge on any atom is -0.378 e. The second-order valence-electron chi connectivity index (χ2n) is 4.62. The van der Waals surface area contributed by atoms with Crippen LogP contribution in [0.15, 0.2) is 12.4 Å². The molecular formula is C13H21N5O2. The molecule has 1 atom stereocenters. The number of ether oxygens (including phenoxy) is 1. The van der Waals surface area contributed by atoms with Gasteiger partial charge in [0.05, 0.1) is 13.2 Å². The molecule has 1 saturated heterocycles. The molecule has 0 spiro atoms. The number of amides is 1. The molecule has 2 heterocycles. The molecule has 2 rings (SSSR count). The Morgan fingerprint density at radius 3 is 2.80 bits per heavy atom. The third kappa shape index (κ3) is 3.80. The van der Waals surface area contributed by atoms with Crippen molar-refractivity contribution in [3.63, 3.8) is 0 Å². The van der Waals surface area contributed by atoms with Crippen molar-refractivity contribution in [2.24, 2.45) is 0 Å². The second kappa shape index (κ2) is 7.04. The minimum atomic E-state index is -0.322. The molecule has 0 aromatic carbocycles. The topological polar surface area (TPSA) is 79.4 Å². The number of anilines is 2. The zero-order valence-electron chi connectivity index (χ0n) is 11.9. The van der Waals surface area contributed by atoms with Gasteiger partial charge >= 0.3 is 0 Å². The van der Waals surface area contributed by atoms with Gasteiger partial charge in [-0.15, -0.1) is 0 Å². The molecule has 7 heteroatoms. The van der Waals surface area contributed by atoms with Gasteiger partial charge in [-0.3, -0.25) is 4.79 Å². The molecule has 1 fully saturated rings. The molecule has 2 N–H and O–H groups in total. The van der Waals surface area contributed by atoms with E-state index in [1.807, 2.05) is 18.7 Å². The van der Waals surface area contributed by atoms with E-state index in [9.17, 15) is 4.79 Å². The van der Waals surface area contributed by atoms with Crippen LogP contribution in [-0.4, -0.2) is 59.7 Å². The number of nitrogens with one attached hydrogen (secondary N) is 2. The summed E-state index contributed by atoms with van der Waals surface area (Å²) in [6.45, 7) is 7.15. The van der Waals surface area contributed by atoms with Crippen LogP contribution >= 0.6 is 0 Å². The van der Waals surface area contributed by atoms with Crippen molar-refractivity contribution in [3.8, 4) is 0 Å². The number of hydrogen-bond donors (Lipinski definition) is 2. The lowest BCUT2D eigenvalue weighted by Gasteiger charge is -2.29. The van der Waals surface area contributed by atoms with Gasteiger partial charge in [-0.25, -0.2) is 9.97 Å². The normalized spacial score (nSPS) is 16.6. The summed E-state index contributed by atoms with van der Waals surface area (Å²) in [6.07, 6.45) is 1.48. The highest BCUT2D eigenvalue weighted by molar-refractivity contribution is 5.84. The number of carbonyl (C=O) groups is 1. The van der Waals surface area contributed by atoms with Crippen LogP contribution in [0.1, 0.15) is 13.8 Å². The first-order valence-corrected chi connectivity index (χ1v) is 6.89. The van der Waals surface area contributed by atoms with E-state index in [4.69, 9.17) is 4.74 Å². The molecule has 1 aromatic heterocycles. The van der Waals surface area contributed by atoms with Crippen molar-refractivity contribution in [2.45, 2.75) is 19.9 Å². The predicted molar refractivity (Wildman–Crippen MR) is 76.7 cm³/mol.